The minimum absolute atomic E-state index is 0.246. The van der Waals surface area contributed by atoms with Crippen molar-refractivity contribution in [3.63, 3.8) is 0 Å². The number of benzene rings is 2. The molecule has 0 saturated carbocycles. The van der Waals surface area contributed by atoms with Gasteiger partial charge in [0.15, 0.2) is 0 Å². The average Bonchev–Trinajstić information content (AvgIpc) is 2.61. The summed E-state index contributed by atoms with van der Waals surface area (Å²) in [5.41, 5.74) is 1.44. The summed E-state index contributed by atoms with van der Waals surface area (Å²) in [6.07, 6.45) is 1.08. The van der Waals surface area contributed by atoms with Gasteiger partial charge in [-0.3, -0.25) is 4.79 Å². The van der Waals surface area contributed by atoms with Crippen LogP contribution >= 0.6 is 0 Å². The van der Waals surface area contributed by atoms with Crippen molar-refractivity contribution in [1.29, 1.82) is 0 Å². The highest BCUT2D eigenvalue weighted by Crippen LogP contribution is 2.23. The summed E-state index contributed by atoms with van der Waals surface area (Å²) in [5, 5.41) is 2.82. The number of nitrogens with one attached hydrogen (secondary N) is 1. The summed E-state index contributed by atoms with van der Waals surface area (Å²) in [7, 11) is -2.14. The maximum absolute atomic E-state index is 12.8. The molecule has 1 unspecified atom stereocenters. The van der Waals surface area contributed by atoms with E-state index in [1.165, 1.54) is 7.05 Å². The molecule has 0 heterocycles. The fourth-order valence-electron chi connectivity index (χ4n) is 2.58. The highest BCUT2D eigenvalue weighted by molar-refractivity contribution is 7.88. The van der Waals surface area contributed by atoms with Crippen LogP contribution in [0.1, 0.15) is 24.1 Å². The fraction of sp³-hybridized carbons (Fsp3) is 0.316. The van der Waals surface area contributed by atoms with Crippen molar-refractivity contribution in [3.05, 3.63) is 65.7 Å². The summed E-state index contributed by atoms with van der Waals surface area (Å²) < 4.78 is 30.6. The molecule has 0 aliphatic carbocycles. The summed E-state index contributed by atoms with van der Waals surface area (Å²) in [5.74, 6) is 0.304. The number of hydrogen-bond acceptors (Lipinski definition) is 4. The molecule has 0 radical (unpaired) electrons. The highest BCUT2D eigenvalue weighted by Gasteiger charge is 2.30. The van der Waals surface area contributed by atoms with E-state index in [4.69, 9.17) is 4.74 Å². The number of para-hydroxylation sites is 1. The van der Waals surface area contributed by atoms with Gasteiger partial charge in [0, 0.05) is 19.2 Å². The predicted molar refractivity (Wildman–Crippen MR) is 101 cm³/mol. The quantitative estimate of drug-likeness (QED) is 0.767. The number of ether oxygens (including phenoxy) is 1. The van der Waals surface area contributed by atoms with Crippen LogP contribution in [0.5, 0.6) is 5.75 Å². The summed E-state index contributed by atoms with van der Waals surface area (Å²) in [6, 6.07) is 15.3. The Hall–Kier alpha value is -2.38. The minimum atomic E-state index is -3.55. The second kappa shape index (κ2) is 8.82. The van der Waals surface area contributed by atoms with E-state index >= 15 is 0 Å². The van der Waals surface area contributed by atoms with Crippen LogP contribution in [0, 0.1) is 0 Å². The van der Waals surface area contributed by atoms with E-state index in [1.807, 2.05) is 37.3 Å². The lowest BCUT2D eigenvalue weighted by Crippen LogP contribution is -2.41. The molecule has 0 fully saturated rings. The number of hydrogen-bond donors (Lipinski definition) is 1. The molecule has 0 aromatic heterocycles. The molecule has 0 saturated heterocycles. The topological polar surface area (TPSA) is 75.7 Å². The number of rotatable bonds is 8. The van der Waals surface area contributed by atoms with Gasteiger partial charge in [0.05, 0.1) is 12.9 Å². The molecule has 2 rings (SSSR count). The molecular formula is C19H24N2O4S. The Kier molecular flexibility index (Phi) is 6.76. The third kappa shape index (κ3) is 5.06. The van der Waals surface area contributed by atoms with E-state index in [0.717, 1.165) is 16.1 Å². The lowest BCUT2D eigenvalue weighted by Gasteiger charge is -2.25. The van der Waals surface area contributed by atoms with Crippen molar-refractivity contribution in [1.82, 2.24) is 9.62 Å². The van der Waals surface area contributed by atoms with E-state index in [0.29, 0.717) is 17.9 Å². The van der Waals surface area contributed by atoms with Crippen LogP contribution in [0.3, 0.4) is 0 Å². The molecule has 0 spiro atoms. The molecule has 1 amide bonds. The Labute approximate surface area is 154 Å². The van der Waals surface area contributed by atoms with Crippen LogP contribution in [-0.2, 0) is 21.4 Å². The lowest BCUT2D eigenvalue weighted by molar-refractivity contribution is -0.125. The third-order valence-electron chi connectivity index (χ3n) is 3.98. The lowest BCUT2D eigenvalue weighted by atomic mass is 10.1. The first-order valence-corrected chi connectivity index (χ1v) is 10.2. The Morgan fingerprint density at radius 1 is 1.12 bits per heavy atom. The largest absolute Gasteiger partial charge is 0.494 e. The SMILES string of the molecule is CCOc1ccccc1CNC(=O)C(c1ccccc1)N(C)S(C)(=O)=O. The zero-order valence-electron chi connectivity index (χ0n) is 15.2. The van der Waals surface area contributed by atoms with Crippen molar-refractivity contribution in [2.75, 3.05) is 19.9 Å². The van der Waals surface area contributed by atoms with Crippen LogP contribution in [0.25, 0.3) is 0 Å². The van der Waals surface area contributed by atoms with Crippen molar-refractivity contribution in [2.24, 2.45) is 0 Å². The smallest absolute Gasteiger partial charge is 0.243 e. The van der Waals surface area contributed by atoms with Crippen molar-refractivity contribution < 1.29 is 17.9 Å². The van der Waals surface area contributed by atoms with Crippen molar-refractivity contribution in [2.45, 2.75) is 19.5 Å². The maximum Gasteiger partial charge on any atom is 0.243 e. The summed E-state index contributed by atoms with van der Waals surface area (Å²) >= 11 is 0. The molecule has 140 valence electrons. The van der Waals surface area contributed by atoms with Crippen molar-refractivity contribution >= 4 is 15.9 Å². The zero-order valence-corrected chi connectivity index (χ0v) is 16.0. The molecule has 6 nitrogen and oxygen atoms in total. The van der Waals surface area contributed by atoms with Gasteiger partial charge in [-0.05, 0) is 18.6 Å². The molecule has 7 heteroatoms. The van der Waals surface area contributed by atoms with Gasteiger partial charge >= 0.3 is 0 Å². The Bertz CT molecular complexity index is 838. The van der Waals surface area contributed by atoms with Gasteiger partial charge in [-0.15, -0.1) is 0 Å². The van der Waals surface area contributed by atoms with E-state index < -0.39 is 22.0 Å². The third-order valence-corrected chi connectivity index (χ3v) is 5.23. The van der Waals surface area contributed by atoms with E-state index in [-0.39, 0.29) is 6.54 Å². The number of carbonyl (C=O) groups excluding carboxylic acids is 1. The zero-order chi connectivity index (χ0) is 19.2. The van der Waals surface area contributed by atoms with Gasteiger partial charge in [-0.25, -0.2) is 8.42 Å². The first-order chi connectivity index (χ1) is 12.3. The van der Waals surface area contributed by atoms with Crippen LogP contribution in [0.15, 0.2) is 54.6 Å². The molecule has 0 aliphatic heterocycles. The van der Waals surface area contributed by atoms with Crippen LogP contribution in [-0.4, -0.2) is 38.5 Å². The van der Waals surface area contributed by atoms with Gasteiger partial charge in [0.1, 0.15) is 11.8 Å². The molecule has 1 atom stereocenters. The van der Waals surface area contributed by atoms with Crippen LogP contribution in [0.2, 0.25) is 0 Å². The number of nitrogens with zero attached hydrogens (tertiary/aromatic N) is 1. The average molecular weight is 376 g/mol. The number of carbonyl (C=O) groups is 1. The van der Waals surface area contributed by atoms with Crippen LogP contribution in [0.4, 0.5) is 0 Å². The van der Waals surface area contributed by atoms with Crippen LogP contribution < -0.4 is 10.1 Å². The molecular weight excluding hydrogens is 352 g/mol. The van der Waals surface area contributed by atoms with E-state index in [1.54, 1.807) is 24.3 Å². The number of likely N-dealkylation sites (N-methyl/N-ethyl adjacent to an activating group) is 1. The molecule has 2 aromatic carbocycles. The van der Waals surface area contributed by atoms with Gasteiger partial charge in [0.25, 0.3) is 0 Å². The summed E-state index contributed by atoms with van der Waals surface area (Å²) in [4.78, 5) is 12.8. The Balaban J connectivity index is 2.23. The Morgan fingerprint density at radius 2 is 1.73 bits per heavy atom. The van der Waals surface area contributed by atoms with E-state index in [2.05, 4.69) is 5.32 Å². The van der Waals surface area contributed by atoms with Gasteiger partial charge in [-0.1, -0.05) is 48.5 Å². The minimum Gasteiger partial charge on any atom is -0.494 e. The van der Waals surface area contributed by atoms with Gasteiger partial charge < -0.3 is 10.1 Å². The monoisotopic (exact) mass is 376 g/mol. The van der Waals surface area contributed by atoms with E-state index in [9.17, 15) is 13.2 Å². The van der Waals surface area contributed by atoms with Gasteiger partial charge in [0.2, 0.25) is 15.9 Å². The number of amides is 1. The molecule has 0 bridgehead atoms. The second-order valence-electron chi connectivity index (χ2n) is 5.85. The maximum atomic E-state index is 12.8. The first-order valence-electron chi connectivity index (χ1n) is 8.31. The fourth-order valence-corrected chi connectivity index (χ4v) is 3.18. The Morgan fingerprint density at radius 3 is 2.35 bits per heavy atom. The molecule has 0 aliphatic rings. The first kappa shape index (κ1) is 19.9. The predicted octanol–water partition coefficient (Wildman–Crippen LogP) is 2.33. The number of sulfonamides is 1. The van der Waals surface area contributed by atoms with Crippen molar-refractivity contribution in [3.8, 4) is 5.75 Å². The second-order valence-corrected chi connectivity index (χ2v) is 7.89. The molecule has 1 N–H and O–H groups in total. The highest BCUT2D eigenvalue weighted by atomic mass is 32.2. The summed E-state index contributed by atoms with van der Waals surface area (Å²) in [6.45, 7) is 2.66. The normalized spacial score (nSPS) is 12.6. The van der Waals surface area contributed by atoms with Gasteiger partial charge in [-0.2, -0.15) is 4.31 Å². The molecule has 2 aromatic rings. The molecule has 26 heavy (non-hydrogen) atoms. The standard InChI is InChI=1S/C19H24N2O4S/c1-4-25-17-13-9-8-12-16(17)14-20-19(22)18(21(2)26(3,23)24)15-10-6-5-7-11-15/h5-13,18H,4,14H2,1-3H3,(H,20,22).